The molecule has 102 valence electrons. The van der Waals surface area contributed by atoms with E-state index in [4.69, 9.17) is 0 Å². The molecule has 0 amide bonds. The summed E-state index contributed by atoms with van der Waals surface area (Å²) in [5, 5.41) is -10.9. The quantitative estimate of drug-likeness (QED) is 0.456. The first-order chi connectivity index (χ1) is 7.97. The normalized spacial score (nSPS) is 13.7. The largest absolute Gasteiger partial charge is 0.446 e. The Morgan fingerprint density at radius 3 is 1.89 bits per heavy atom. The highest BCUT2D eigenvalue weighted by atomic mass is 79.9. The van der Waals surface area contributed by atoms with Gasteiger partial charge in [0.25, 0.3) is 0 Å². The Hall–Kier alpha value is -0.350. The molecular formula is C8H4BrF5O2S2. The lowest BCUT2D eigenvalue weighted by molar-refractivity contribution is -0.0927. The molecule has 1 aromatic rings. The van der Waals surface area contributed by atoms with Gasteiger partial charge in [-0.2, -0.15) is 26.0 Å². The van der Waals surface area contributed by atoms with Gasteiger partial charge in [-0.1, -0.05) is 19.8 Å². The van der Waals surface area contributed by atoms with Gasteiger partial charge in [0.05, 0.1) is 0 Å². The molecule has 0 N–H and O–H groups in total. The highest BCUT2D eigenvalue weighted by Crippen LogP contribution is 2.49. The zero-order valence-electron chi connectivity index (χ0n) is 8.21. The van der Waals surface area contributed by atoms with Gasteiger partial charge in [-0.15, -0.1) is 0 Å². The van der Waals surface area contributed by atoms with Gasteiger partial charge in [-0.3, -0.25) is 0 Å². The van der Waals surface area contributed by atoms with Gasteiger partial charge < -0.3 is 0 Å². The van der Waals surface area contributed by atoms with Crippen LogP contribution in [0.15, 0.2) is 33.6 Å². The van der Waals surface area contributed by atoms with Crippen molar-refractivity contribution in [2.45, 2.75) is 15.4 Å². The fourth-order valence-electron chi connectivity index (χ4n) is 0.852. The summed E-state index contributed by atoms with van der Waals surface area (Å²) in [6.07, 6.45) is 0. The molecule has 0 bridgehead atoms. The molecule has 0 atom stereocenters. The Labute approximate surface area is 112 Å². The monoisotopic (exact) mass is 370 g/mol. The second-order valence-corrected chi connectivity index (χ2v) is 6.52. The standard InChI is InChI=1S/C8H4BrF5O2S2/c9-5-1-3-6(4-2-5)17-7(10,11)8(12,13)18(14,15)16/h1-4H. The van der Waals surface area contributed by atoms with Gasteiger partial charge in [-0.25, -0.2) is 0 Å². The molecule has 0 radical (unpaired) electrons. The Morgan fingerprint density at radius 1 is 1.06 bits per heavy atom. The van der Waals surface area contributed by atoms with Crippen LogP contribution in [0.2, 0.25) is 0 Å². The first-order valence-corrected chi connectivity index (χ1v) is 7.11. The maximum atomic E-state index is 13.1. The van der Waals surface area contributed by atoms with Crippen LogP contribution in [0.1, 0.15) is 0 Å². The lowest BCUT2D eigenvalue weighted by atomic mass is 10.4. The number of halogens is 6. The maximum Gasteiger partial charge on any atom is 0.446 e. The van der Waals surface area contributed by atoms with Crippen molar-refractivity contribution < 1.29 is 29.9 Å². The highest BCUT2D eigenvalue weighted by Gasteiger charge is 2.67. The minimum absolute atomic E-state index is 0.327. The summed E-state index contributed by atoms with van der Waals surface area (Å²) in [6, 6.07) is 4.70. The molecular weight excluding hydrogens is 367 g/mol. The van der Waals surface area contributed by atoms with E-state index in [1.807, 2.05) is 0 Å². The van der Waals surface area contributed by atoms with Gasteiger partial charge in [0.15, 0.2) is 0 Å². The van der Waals surface area contributed by atoms with Crippen LogP contribution in [-0.2, 0) is 10.2 Å². The van der Waals surface area contributed by atoms with Gasteiger partial charge in [0, 0.05) is 9.37 Å². The van der Waals surface area contributed by atoms with Crippen molar-refractivity contribution in [2.24, 2.45) is 0 Å². The molecule has 1 rings (SSSR count). The Morgan fingerprint density at radius 2 is 1.50 bits per heavy atom. The predicted molar refractivity (Wildman–Crippen MR) is 59.9 cm³/mol. The van der Waals surface area contributed by atoms with Crippen LogP contribution in [0.4, 0.5) is 21.4 Å². The highest BCUT2D eigenvalue weighted by molar-refractivity contribution is 9.10. The minimum Gasteiger partial charge on any atom is -0.188 e. The summed E-state index contributed by atoms with van der Waals surface area (Å²) < 4.78 is 84.3. The lowest BCUT2D eigenvalue weighted by Crippen LogP contribution is -2.42. The number of benzene rings is 1. The molecule has 1 aromatic carbocycles. The molecule has 2 nitrogen and oxygen atoms in total. The number of rotatable bonds is 4. The van der Waals surface area contributed by atoms with Crippen molar-refractivity contribution in [3.8, 4) is 0 Å². The smallest absolute Gasteiger partial charge is 0.188 e. The molecule has 18 heavy (non-hydrogen) atoms. The third kappa shape index (κ3) is 3.15. The third-order valence-electron chi connectivity index (χ3n) is 1.70. The van der Waals surface area contributed by atoms with E-state index in [-0.39, 0.29) is 4.90 Å². The number of thioether (sulfide) groups is 1. The first kappa shape index (κ1) is 15.7. The minimum atomic E-state index is -6.70. The van der Waals surface area contributed by atoms with Crippen molar-refractivity contribution in [3.05, 3.63) is 28.7 Å². The van der Waals surface area contributed by atoms with Crippen molar-refractivity contribution in [2.75, 3.05) is 0 Å². The van der Waals surface area contributed by atoms with E-state index in [0.29, 0.717) is 4.47 Å². The second kappa shape index (κ2) is 4.97. The number of hydrogen-bond donors (Lipinski definition) is 0. The lowest BCUT2D eigenvalue weighted by Gasteiger charge is -2.22. The fourth-order valence-corrected chi connectivity index (χ4v) is 2.51. The average Bonchev–Trinajstić information content (AvgIpc) is 2.19. The van der Waals surface area contributed by atoms with E-state index in [1.54, 1.807) is 0 Å². The average molecular weight is 371 g/mol. The van der Waals surface area contributed by atoms with Crippen molar-refractivity contribution in [3.63, 3.8) is 0 Å². The molecule has 10 heteroatoms. The summed E-state index contributed by atoms with van der Waals surface area (Å²) in [6.45, 7) is 0. The van der Waals surface area contributed by atoms with Crippen molar-refractivity contribution in [1.82, 2.24) is 0 Å². The Kier molecular flexibility index (Phi) is 4.34. The van der Waals surface area contributed by atoms with Crippen LogP contribution in [0, 0.1) is 0 Å². The maximum absolute atomic E-state index is 13.1. The van der Waals surface area contributed by atoms with E-state index < -0.39 is 32.5 Å². The summed E-state index contributed by atoms with van der Waals surface area (Å²) >= 11 is 2.26. The molecule has 0 spiro atoms. The SMILES string of the molecule is O=S(=O)(F)C(F)(F)C(F)(F)Sc1ccc(Br)cc1. The first-order valence-electron chi connectivity index (χ1n) is 4.12. The molecule has 0 unspecified atom stereocenters. The molecule has 0 aliphatic carbocycles. The van der Waals surface area contributed by atoms with Gasteiger partial charge in [0.1, 0.15) is 0 Å². The van der Waals surface area contributed by atoms with Crippen LogP contribution in [-0.4, -0.2) is 18.9 Å². The van der Waals surface area contributed by atoms with Crippen LogP contribution < -0.4 is 0 Å². The topological polar surface area (TPSA) is 34.1 Å². The molecule has 0 aliphatic heterocycles. The molecule has 0 fully saturated rings. The molecule has 0 heterocycles. The molecule has 0 aliphatic rings. The number of alkyl halides is 4. The summed E-state index contributed by atoms with van der Waals surface area (Å²) in [5.74, 6) is 0. The van der Waals surface area contributed by atoms with E-state index in [9.17, 15) is 29.9 Å². The van der Waals surface area contributed by atoms with E-state index in [1.165, 1.54) is 12.1 Å². The molecule has 0 aromatic heterocycles. The van der Waals surface area contributed by atoms with Gasteiger partial charge >= 0.3 is 20.7 Å². The Bertz CT molecular complexity index is 529. The predicted octanol–water partition coefficient (Wildman–Crippen LogP) is 4.03. The molecule has 0 saturated carbocycles. The number of hydrogen-bond acceptors (Lipinski definition) is 3. The zero-order valence-corrected chi connectivity index (χ0v) is 11.4. The van der Waals surface area contributed by atoms with Crippen molar-refractivity contribution in [1.29, 1.82) is 0 Å². The summed E-state index contributed by atoms with van der Waals surface area (Å²) in [5.41, 5.74) is 0. The Balaban J connectivity index is 3.05. The van der Waals surface area contributed by atoms with Crippen LogP contribution in [0.25, 0.3) is 0 Å². The molecule has 0 saturated heterocycles. The van der Waals surface area contributed by atoms with E-state index in [2.05, 4.69) is 15.9 Å². The van der Waals surface area contributed by atoms with Gasteiger partial charge in [0.2, 0.25) is 0 Å². The van der Waals surface area contributed by atoms with E-state index in [0.717, 1.165) is 12.1 Å². The fraction of sp³-hybridized carbons (Fsp3) is 0.250. The van der Waals surface area contributed by atoms with Crippen LogP contribution >= 0.6 is 27.7 Å². The van der Waals surface area contributed by atoms with Crippen molar-refractivity contribution >= 4 is 37.9 Å². The second-order valence-electron chi connectivity index (χ2n) is 3.03. The van der Waals surface area contributed by atoms with Crippen LogP contribution in [0.5, 0.6) is 0 Å². The van der Waals surface area contributed by atoms with Crippen LogP contribution in [0.3, 0.4) is 0 Å². The zero-order chi connectivity index (χ0) is 14.2. The van der Waals surface area contributed by atoms with Gasteiger partial charge in [-0.05, 0) is 36.0 Å². The third-order valence-corrected chi connectivity index (χ3v) is 4.25. The summed E-state index contributed by atoms with van der Waals surface area (Å²) in [7, 11) is -6.70. The van der Waals surface area contributed by atoms with E-state index >= 15 is 0 Å². The summed E-state index contributed by atoms with van der Waals surface area (Å²) in [4.78, 5) is -0.327.